The van der Waals surface area contributed by atoms with Crippen LogP contribution in [-0.4, -0.2) is 11.9 Å². The number of hydrogen-bond acceptors (Lipinski definition) is 2. The molecule has 3 heteroatoms. The molecule has 0 aliphatic heterocycles. The van der Waals surface area contributed by atoms with Gasteiger partial charge in [0, 0.05) is 5.69 Å². The van der Waals surface area contributed by atoms with Crippen molar-refractivity contribution in [3.8, 4) is 0 Å². The highest BCUT2D eigenvalue weighted by molar-refractivity contribution is 5.83. The lowest BCUT2D eigenvalue weighted by Crippen LogP contribution is -2.45. The fourth-order valence-corrected chi connectivity index (χ4v) is 1.42. The summed E-state index contributed by atoms with van der Waals surface area (Å²) in [6, 6.07) is 9.25. The van der Waals surface area contributed by atoms with Gasteiger partial charge in [-0.1, -0.05) is 39.0 Å². The minimum Gasteiger partial charge on any atom is -0.373 e. The molecule has 0 bridgehead atoms. The Morgan fingerprint density at radius 3 is 2.20 bits per heavy atom. The smallest absolute Gasteiger partial charge is 0.240 e. The number of nitrogens with two attached hydrogens (primary N) is 1. The predicted molar refractivity (Wildman–Crippen MR) is 62.5 cm³/mol. The summed E-state index contributed by atoms with van der Waals surface area (Å²) >= 11 is 0. The van der Waals surface area contributed by atoms with Crippen LogP contribution in [-0.2, 0) is 4.79 Å². The van der Waals surface area contributed by atoms with Crippen LogP contribution in [0.2, 0.25) is 0 Å². The number of hydrogen-bond donors (Lipinski definition) is 2. The van der Waals surface area contributed by atoms with Gasteiger partial charge in [0.05, 0.1) is 0 Å². The van der Waals surface area contributed by atoms with Gasteiger partial charge in [-0.2, -0.15) is 0 Å². The van der Waals surface area contributed by atoms with E-state index >= 15 is 0 Å². The molecule has 0 aromatic heterocycles. The molecule has 1 aromatic carbocycles. The molecule has 0 heterocycles. The highest BCUT2D eigenvalue weighted by Crippen LogP contribution is 2.22. The number of nitrogens with one attached hydrogen (secondary N) is 1. The highest BCUT2D eigenvalue weighted by Gasteiger charge is 2.29. The number of carbonyl (C=O) groups is 1. The van der Waals surface area contributed by atoms with Crippen molar-refractivity contribution < 1.29 is 4.79 Å². The average Bonchev–Trinajstić information content (AvgIpc) is 2.13. The van der Waals surface area contributed by atoms with Gasteiger partial charge in [0.15, 0.2) is 0 Å². The molecule has 0 saturated carbocycles. The number of benzene rings is 1. The van der Waals surface area contributed by atoms with Crippen molar-refractivity contribution in [3.63, 3.8) is 0 Å². The standard InChI is InChI=1S/C12H18N2O/c1-12(2,3)10(11(13)15)14-9-7-5-4-6-8-9/h4-8,10,14H,1-3H3,(H2,13,15). The molecule has 1 atom stereocenters. The molecule has 0 aliphatic carbocycles. The lowest BCUT2D eigenvalue weighted by molar-refractivity contribution is -0.120. The first-order chi connectivity index (χ1) is 6.91. The van der Waals surface area contributed by atoms with Crippen molar-refractivity contribution in [1.82, 2.24) is 0 Å². The lowest BCUT2D eigenvalue weighted by Gasteiger charge is -2.29. The van der Waals surface area contributed by atoms with Gasteiger partial charge in [-0.25, -0.2) is 0 Å². The summed E-state index contributed by atoms with van der Waals surface area (Å²) in [7, 11) is 0. The van der Waals surface area contributed by atoms with Crippen molar-refractivity contribution in [2.45, 2.75) is 26.8 Å². The number of anilines is 1. The molecule has 0 radical (unpaired) electrons. The zero-order valence-electron chi connectivity index (χ0n) is 9.45. The quantitative estimate of drug-likeness (QED) is 0.794. The monoisotopic (exact) mass is 206 g/mol. The van der Waals surface area contributed by atoms with Crippen LogP contribution in [0, 0.1) is 5.41 Å². The van der Waals surface area contributed by atoms with E-state index < -0.39 is 0 Å². The molecule has 0 spiro atoms. The Bertz CT molecular complexity index is 327. The van der Waals surface area contributed by atoms with E-state index in [9.17, 15) is 4.79 Å². The van der Waals surface area contributed by atoms with Crippen molar-refractivity contribution in [2.75, 3.05) is 5.32 Å². The van der Waals surface area contributed by atoms with Gasteiger partial charge in [-0.05, 0) is 17.5 Å². The first kappa shape index (κ1) is 11.6. The summed E-state index contributed by atoms with van der Waals surface area (Å²) in [5, 5.41) is 3.14. The Morgan fingerprint density at radius 1 is 1.27 bits per heavy atom. The van der Waals surface area contributed by atoms with Crippen LogP contribution < -0.4 is 11.1 Å². The second kappa shape index (κ2) is 4.34. The van der Waals surface area contributed by atoms with Crippen LogP contribution in [0.5, 0.6) is 0 Å². The third-order valence-corrected chi connectivity index (χ3v) is 2.24. The minimum atomic E-state index is -0.361. The van der Waals surface area contributed by atoms with Crippen LogP contribution in [0.3, 0.4) is 0 Å². The largest absolute Gasteiger partial charge is 0.373 e. The number of primary amides is 1. The second-order valence-corrected chi connectivity index (χ2v) is 4.71. The van der Waals surface area contributed by atoms with Crippen LogP contribution >= 0.6 is 0 Å². The van der Waals surface area contributed by atoms with Crippen molar-refractivity contribution in [3.05, 3.63) is 30.3 Å². The average molecular weight is 206 g/mol. The van der Waals surface area contributed by atoms with Gasteiger partial charge < -0.3 is 11.1 Å². The Hall–Kier alpha value is -1.51. The number of rotatable bonds is 3. The van der Waals surface area contributed by atoms with Gasteiger partial charge in [0.2, 0.25) is 5.91 Å². The first-order valence-electron chi connectivity index (χ1n) is 5.02. The summed E-state index contributed by atoms with van der Waals surface area (Å²) in [5.41, 5.74) is 6.09. The van der Waals surface area contributed by atoms with Gasteiger partial charge in [-0.15, -0.1) is 0 Å². The second-order valence-electron chi connectivity index (χ2n) is 4.71. The molecule has 1 amide bonds. The summed E-state index contributed by atoms with van der Waals surface area (Å²) in [6.45, 7) is 5.95. The normalized spacial score (nSPS) is 13.3. The molecule has 0 saturated heterocycles. The summed E-state index contributed by atoms with van der Waals surface area (Å²) in [5.74, 6) is -0.327. The van der Waals surface area contributed by atoms with Gasteiger partial charge in [-0.3, -0.25) is 4.79 Å². The van der Waals surface area contributed by atoms with E-state index in [1.807, 2.05) is 51.1 Å². The van der Waals surface area contributed by atoms with Crippen molar-refractivity contribution in [1.29, 1.82) is 0 Å². The number of carbonyl (C=O) groups excluding carboxylic acids is 1. The van der Waals surface area contributed by atoms with E-state index in [1.54, 1.807) is 0 Å². The minimum absolute atomic E-state index is 0.193. The maximum absolute atomic E-state index is 11.3. The molecule has 1 rings (SSSR count). The zero-order chi connectivity index (χ0) is 11.5. The predicted octanol–water partition coefficient (Wildman–Crippen LogP) is 2.00. The Labute approximate surface area is 90.7 Å². The molecule has 3 N–H and O–H groups in total. The van der Waals surface area contributed by atoms with E-state index in [2.05, 4.69) is 5.32 Å². The zero-order valence-corrected chi connectivity index (χ0v) is 9.45. The van der Waals surface area contributed by atoms with Crippen LogP contribution in [0.4, 0.5) is 5.69 Å². The fourth-order valence-electron chi connectivity index (χ4n) is 1.42. The Balaban J connectivity index is 2.82. The third kappa shape index (κ3) is 3.27. The molecular formula is C12H18N2O. The highest BCUT2D eigenvalue weighted by atomic mass is 16.1. The summed E-state index contributed by atoms with van der Waals surface area (Å²) in [6.07, 6.45) is 0. The molecular weight excluding hydrogens is 188 g/mol. The number of para-hydroxylation sites is 1. The van der Waals surface area contributed by atoms with Crippen LogP contribution in [0.25, 0.3) is 0 Å². The summed E-state index contributed by atoms with van der Waals surface area (Å²) in [4.78, 5) is 11.3. The van der Waals surface area contributed by atoms with Gasteiger partial charge >= 0.3 is 0 Å². The van der Waals surface area contributed by atoms with E-state index in [0.717, 1.165) is 5.69 Å². The van der Waals surface area contributed by atoms with Crippen LogP contribution in [0.1, 0.15) is 20.8 Å². The molecule has 15 heavy (non-hydrogen) atoms. The topological polar surface area (TPSA) is 55.1 Å². The van der Waals surface area contributed by atoms with Gasteiger partial charge in [0.25, 0.3) is 0 Å². The Morgan fingerprint density at radius 2 is 1.80 bits per heavy atom. The van der Waals surface area contributed by atoms with Crippen molar-refractivity contribution in [2.24, 2.45) is 11.1 Å². The molecule has 0 fully saturated rings. The first-order valence-corrected chi connectivity index (χ1v) is 5.02. The Kier molecular flexibility index (Phi) is 3.35. The van der Waals surface area contributed by atoms with Gasteiger partial charge in [0.1, 0.15) is 6.04 Å². The lowest BCUT2D eigenvalue weighted by atomic mass is 9.86. The maximum atomic E-state index is 11.3. The van der Waals surface area contributed by atoms with E-state index in [-0.39, 0.29) is 17.4 Å². The van der Waals surface area contributed by atoms with Crippen molar-refractivity contribution >= 4 is 11.6 Å². The van der Waals surface area contributed by atoms with E-state index in [1.165, 1.54) is 0 Å². The maximum Gasteiger partial charge on any atom is 0.240 e. The molecule has 1 aromatic rings. The summed E-state index contributed by atoms with van der Waals surface area (Å²) < 4.78 is 0. The fraction of sp³-hybridized carbons (Fsp3) is 0.417. The SMILES string of the molecule is CC(C)(C)C(Nc1ccccc1)C(N)=O. The van der Waals surface area contributed by atoms with Crippen LogP contribution in [0.15, 0.2) is 30.3 Å². The van der Waals surface area contributed by atoms with E-state index in [0.29, 0.717) is 0 Å². The van der Waals surface area contributed by atoms with E-state index in [4.69, 9.17) is 5.73 Å². The third-order valence-electron chi connectivity index (χ3n) is 2.24. The molecule has 3 nitrogen and oxygen atoms in total. The molecule has 0 aliphatic rings. The molecule has 1 unspecified atom stereocenters. The molecule has 82 valence electrons. The number of amides is 1.